The van der Waals surface area contributed by atoms with Gasteiger partial charge in [-0.2, -0.15) is 0 Å². The molecule has 13 heavy (non-hydrogen) atoms. The van der Waals surface area contributed by atoms with E-state index < -0.39 is 5.97 Å². The Kier molecular flexibility index (Phi) is 4.45. The first kappa shape index (κ1) is 11.9. The Hall–Kier alpha value is -1.06. The Morgan fingerprint density at radius 3 is 2.31 bits per heavy atom. The zero-order valence-corrected chi connectivity index (χ0v) is 8.39. The van der Waals surface area contributed by atoms with Crippen LogP contribution in [-0.2, 0) is 9.53 Å². The van der Waals surface area contributed by atoms with E-state index in [0.717, 1.165) is 0 Å². The Labute approximate surface area is 78.4 Å². The third-order valence-electron chi connectivity index (χ3n) is 1.22. The Bertz CT molecular complexity index is 194. The van der Waals surface area contributed by atoms with Gasteiger partial charge in [-0.15, -0.1) is 0 Å². The van der Waals surface area contributed by atoms with Crippen molar-refractivity contribution in [3.8, 4) is 0 Å². The van der Waals surface area contributed by atoms with Gasteiger partial charge in [0.15, 0.2) is 5.90 Å². The van der Waals surface area contributed by atoms with Crippen LogP contribution in [0.1, 0.15) is 40.0 Å². The highest BCUT2D eigenvalue weighted by Crippen LogP contribution is 2.09. The van der Waals surface area contributed by atoms with Gasteiger partial charge < -0.3 is 9.84 Å². The smallest absolute Gasteiger partial charge is 0.303 e. The molecule has 0 amide bonds. The number of hydrogen-bond donors (Lipinski definition) is 2. The molecule has 0 aliphatic heterocycles. The van der Waals surface area contributed by atoms with Crippen LogP contribution in [-0.4, -0.2) is 22.6 Å². The molecule has 0 atom stereocenters. The van der Waals surface area contributed by atoms with Gasteiger partial charge in [0.1, 0.15) is 5.60 Å². The summed E-state index contributed by atoms with van der Waals surface area (Å²) in [6, 6.07) is 0. The van der Waals surface area contributed by atoms with Crippen molar-refractivity contribution in [1.82, 2.24) is 0 Å². The minimum Gasteiger partial charge on any atom is -0.481 e. The summed E-state index contributed by atoms with van der Waals surface area (Å²) in [5.41, 5.74) is -0.361. The van der Waals surface area contributed by atoms with Gasteiger partial charge in [0.05, 0.1) is 0 Å². The lowest BCUT2D eigenvalue weighted by atomic mass is 10.2. The number of hydrogen-bond acceptors (Lipinski definition) is 3. The van der Waals surface area contributed by atoms with Crippen molar-refractivity contribution < 1.29 is 14.6 Å². The highest BCUT2D eigenvalue weighted by Gasteiger charge is 2.13. The van der Waals surface area contributed by atoms with Gasteiger partial charge in [0, 0.05) is 12.8 Å². The van der Waals surface area contributed by atoms with Crippen molar-refractivity contribution in [2.45, 2.75) is 45.6 Å². The van der Waals surface area contributed by atoms with Gasteiger partial charge in [0.2, 0.25) is 0 Å². The average Bonchev–Trinajstić information content (AvgIpc) is 1.81. The van der Waals surface area contributed by atoms with E-state index >= 15 is 0 Å². The van der Waals surface area contributed by atoms with Gasteiger partial charge >= 0.3 is 5.97 Å². The largest absolute Gasteiger partial charge is 0.481 e. The third kappa shape index (κ3) is 8.85. The quantitative estimate of drug-likeness (QED) is 0.522. The van der Waals surface area contributed by atoms with Crippen molar-refractivity contribution in [1.29, 1.82) is 5.41 Å². The summed E-state index contributed by atoms with van der Waals surface area (Å²) < 4.78 is 5.21. The number of ether oxygens (including phenoxy) is 1. The number of rotatable bonds is 4. The number of carboxylic acid groups (broad SMARTS) is 1. The van der Waals surface area contributed by atoms with Crippen LogP contribution in [0.2, 0.25) is 0 Å². The second kappa shape index (κ2) is 4.84. The summed E-state index contributed by atoms with van der Waals surface area (Å²) in [7, 11) is 0. The maximum atomic E-state index is 10.2. The monoisotopic (exact) mass is 187 g/mol. The van der Waals surface area contributed by atoms with Gasteiger partial charge in [-0.1, -0.05) is 0 Å². The maximum Gasteiger partial charge on any atom is 0.303 e. The van der Waals surface area contributed by atoms with Gasteiger partial charge in [0.25, 0.3) is 0 Å². The molecule has 0 spiro atoms. The van der Waals surface area contributed by atoms with Crippen molar-refractivity contribution in [3.05, 3.63) is 0 Å². The SMILES string of the molecule is CC(C)(C)OC(=N)CCCC(=O)O. The van der Waals surface area contributed by atoms with Crippen molar-refractivity contribution in [2.75, 3.05) is 0 Å². The summed E-state index contributed by atoms with van der Waals surface area (Å²) in [4.78, 5) is 10.2. The van der Waals surface area contributed by atoms with Crippen LogP contribution in [0.5, 0.6) is 0 Å². The normalized spacial score (nSPS) is 11.0. The maximum absolute atomic E-state index is 10.2. The predicted molar refractivity (Wildman–Crippen MR) is 50.1 cm³/mol. The molecule has 0 heterocycles. The molecule has 0 aromatic heterocycles. The lowest BCUT2D eigenvalue weighted by Gasteiger charge is -2.21. The van der Waals surface area contributed by atoms with Crippen LogP contribution < -0.4 is 0 Å². The summed E-state index contributed by atoms with van der Waals surface area (Å²) in [5, 5.41) is 15.7. The second-order valence-electron chi connectivity index (χ2n) is 3.88. The van der Waals surface area contributed by atoms with Gasteiger partial charge in [-0.25, -0.2) is 0 Å². The van der Waals surface area contributed by atoms with Crippen LogP contribution >= 0.6 is 0 Å². The fraction of sp³-hybridized carbons (Fsp3) is 0.778. The molecule has 0 aliphatic carbocycles. The first-order chi connectivity index (χ1) is 5.81. The molecule has 4 heteroatoms. The molecule has 0 saturated carbocycles. The molecular formula is C9H17NO3. The van der Waals surface area contributed by atoms with E-state index in [0.29, 0.717) is 12.8 Å². The fourth-order valence-electron chi connectivity index (χ4n) is 0.821. The molecule has 0 fully saturated rings. The molecule has 0 aliphatic rings. The molecule has 0 aromatic rings. The highest BCUT2D eigenvalue weighted by atomic mass is 16.5. The Balaban J connectivity index is 3.59. The van der Waals surface area contributed by atoms with E-state index in [-0.39, 0.29) is 17.9 Å². The molecular weight excluding hydrogens is 170 g/mol. The topological polar surface area (TPSA) is 70.4 Å². The van der Waals surface area contributed by atoms with Crippen LogP contribution in [0.3, 0.4) is 0 Å². The summed E-state index contributed by atoms with van der Waals surface area (Å²) in [6.07, 6.45) is 0.948. The first-order valence-electron chi connectivity index (χ1n) is 4.29. The first-order valence-corrected chi connectivity index (χ1v) is 4.29. The summed E-state index contributed by atoms with van der Waals surface area (Å²) >= 11 is 0. The summed E-state index contributed by atoms with van der Waals surface area (Å²) in [6.45, 7) is 5.58. The van der Waals surface area contributed by atoms with Crippen molar-refractivity contribution in [3.63, 3.8) is 0 Å². The summed E-state index contributed by atoms with van der Waals surface area (Å²) in [5.74, 6) is -0.669. The minimum atomic E-state index is -0.830. The van der Waals surface area contributed by atoms with Crippen LogP contribution in [0.25, 0.3) is 0 Å². The standard InChI is InChI=1S/C9H17NO3/c1-9(2,3)13-7(10)5-4-6-8(11)12/h10H,4-6H2,1-3H3,(H,11,12). The molecule has 0 aromatic carbocycles. The van der Waals surface area contributed by atoms with E-state index in [2.05, 4.69) is 0 Å². The zero-order chi connectivity index (χ0) is 10.5. The Morgan fingerprint density at radius 2 is 1.92 bits per heavy atom. The average molecular weight is 187 g/mol. The predicted octanol–water partition coefficient (Wildman–Crippen LogP) is 2.03. The van der Waals surface area contributed by atoms with E-state index in [1.165, 1.54) is 0 Å². The number of carboxylic acids is 1. The van der Waals surface area contributed by atoms with Crippen LogP contribution in [0.4, 0.5) is 0 Å². The highest BCUT2D eigenvalue weighted by molar-refractivity contribution is 5.74. The van der Waals surface area contributed by atoms with Crippen LogP contribution in [0.15, 0.2) is 0 Å². The molecule has 76 valence electrons. The Morgan fingerprint density at radius 1 is 1.38 bits per heavy atom. The minimum absolute atomic E-state index is 0.0931. The van der Waals surface area contributed by atoms with Crippen LogP contribution in [0, 0.1) is 5.41 Å². The molecule has 0 unspecified atom stereocenters. The number of nitrogens with one attached hydrogen (secondary N) is 1. The lowest BCUT2D eigenvalue weighted by Crippen LogP contribution is -2.23. The van der Waals surface area contributed by atoms with Gasteiger partial charge in [-0.3, -0.25) is 10.2 Å². The van der Waals surface area contributed by atoms with Crippen molar-refractivity contribution in [2.24, 2.45) is 0 Å². The molecule has 4 nitrogen and oxygen atoms in total. The zero-order valence-electron chi connectivity index (χ0n) is 8.39. The fourth-order valence-corrected chi connectivity index (χ4v) is 0.821. The number of aliphatic carboxylic acids is 1. The molecule has 0 bridgehead atoms. The van der Waals surface area contributed by atoms with E-state index in [4.69, 9.17) is 15.3 Å². The van der Waals surface area contributed by atoms with E-state index in [1.54, 1.807) is 0 Å². The second-order valence-corrected chi connectivity index (χ2v) is 3.88. The molecule has 0 rings (SSSR count). The number of carbonyl (C=O) groups is 1. The molecule has 0 saturated heterocycles. The van der Waals surface area contributed by atoms with Crippen molar-refractivity contribution >= 4 is 11.9 Å². The van der Waals surface area contributed by atoms with E-state index in [1.807, 2.05) is 20.8 Å². The third-order valence-corrected chi connectivity index (χ3v) is 1.22. The van der Waals surface area contributed by atoms with Gasteiger partial charge in [-0.05, 0) is 27.2 Å². The molecule has 2 N–H and O–H groups in total. The lowest BCUT2D eigenvalue weighted by molar-refractivity contribution is -0.137. The molecule has 0 radical (unpaired) electrons. The van der Waals surface area contributed by atoms with E-state index in [9.17, 15) is 4.79 Å².